The minimum absolute atomic E-state index is 0.206. The zero-order valence-corrected chi connectivity index (χ0v) is 14.9. The van der Waals surface area contributed by atoms with Gasteiger partial charge in [-0.2, -0.15) is 0 Å². The number of ether oxygens (including phenoxy) is 1. The van der Waals surface area contributed by atoms with Gasteiger partial charge in [-0.15, -0.1) is 11.8 Å². The molecule has 0 fully saturated rings. The second-order valence-corrected chi connectivity index (χ2v) is 6.79. The van der Waals surface area contributed by atoms with Crippen molar-refractivity contribution in [3.05, 3.63) is 65.5 Å². The van der Waals surface area contributed by atoms with Crippen molar-refractivity contribution in [2.24, 2.45) is 0 Å². The maximum atomic E-state index is 12.9. The summed E-state index contributed by atoms with van der Waals surface area (Å²) < 4.78 is 17.6. The smallest absolute Gasteiger partial charge is 0.318 e. The molecule has 0 aromatic heterocycles. The number of halogens is 1. The van der Waals surface area contributed by atoms with Gasteiger partial charge in [0.25, 0.3) is 5.91 Å². The highest BCUT2D eigenvalue weighted by molar-refractivity contribution is 8.00. The van der Waals surface area contributed by atoms with Crippen LogP contribution in [-0.2, 0) is 16.0 Å². The van der Waals surface area contributed by atoms with E-state index in [1.165, 1.54) is 31.0 Å². The van der Waals surface area contributed by atoms with Gasteiger partial charge < -0.3 is 10.1 Å². The molecule has 0 heterocycles. The van der Waals surface area contributed by atoms with E-state index in [1.54, 1.807) is 37.3 Å². The molecule has 1 atom stereocenters. The zero-order valence-electron chi connectivity index (χ0n) is 14.1. The second kappa shape index (κ2) is 9.22. The summed E-state index contributed by atoms with van der Waals surface area (Å²) >= 11 is 1.29. The third-order valence-corrected chi connectivity index (χ3v) is 4.74. The lowest BCUT2D eigenvalue weighted by atomic mass is 10.1. The van der Waals surface area contributed by atoms with Crippen LogP contribution in [0.3, 0.4) is 0 Å². The summed E-state index contributed by atoms with van der Waals surface area (Å²) in [5.41, 5.74) is 1.46. The predicted molar refractivity (Wildman–Crippen MR) is 96.2 cm³/mol. The number of amides is 1. The first-order chi connectivity index (χ1) is 12.0. The summed E-state index contributed by atoms with van der Waals surface area (Å²) in [7, 11) is 1.34. The summed E-state index contributed by atoms with van der Waals surface area (Å²) in [6, 6.07) is 13.3. The Morgan fingerprint density at radius 1 is 1.16 bits per heavy atom. The molecule has 0 saturated heterocycles. The molecular formula is C19H20FNO3S. The Morgan fingerprint density at radius 2 is 1.84 bits per heavy atom. The number of nitrogens with one attached hydrogen (secondary N) is 1. The number of benzene rings is 2. The number of hydrogen-bond donors (Lipinski definition) is 1. The van der Waals surface area contributed by atoms with E-state index < -0.39 is 5.25 Å². The summed E-state index contributed by atoms with van der Waals surface area (Å²) in [6.07, 6.45) is 0.611. The van der Waals surface area contributed by atoms with Gasteiger partial charge in [-0.1, -0.05) is 24.3 Å². The van der Waals surface area contributed by atoms with Crippen LogP contribution >= 0.6 is 11.8 Å². The molecule has 0 aliphatic heterocycles. The molecular weight excluding hydrogens is 341 g/mol. The van der Waals surface area contributed by atoms with E-state index in [1.807, 2.05) is 6.07 Å². The van der Waals surface area contributed by atoms with Gasteiger partial charge in [-0.3, -0.25) is 9.59 Å². The number of rotatable bonds is 7. The molecule has 0 spiro atoms. The Bertz CT molecular complexity index is 734. The molecule has 0 aliphatic carbocycles. The number of carbonyl (C=O) groups is 2. The van der Waals surface area contributed by atoms with Crippen molar-refractivity contribution in [2.75, 3.05) is 13.7 Å². The number of carbonyl (C=O) groups excluding carboxylic acids is 2. The number of methoxy groups -OCH3 is 1. The first-order valence-electron chi connectivity index (χ1n) is 7.87. The summed E-state index contributed by atoms with van der Waals surface area (Å²) in [6.45, 7) is 2.18. The van der Waals surface area contributed by atoms with Gasteiger partial charge in [-0.05, 0) is 43.2 Å². The highest BCUT2D eigenvalue weighted by Gasteiger charge is 2.18. The minimum atomic E-state index is -0.404. The summed E-state index contributed by atoms with van der Waals surface area (Å²) in [4.78, 5) is 24.7. The van der Waals surface area contributed by atoms with Gasteiger partial charge in [0.15, 0.2) is 0 Å². The van der Waals surface area contributed by atoms with Crippen LogP contribution in [0.4, 0.5) is 4.39 Å². The molecule has 1 N–H and O–H groups in total. The highest BCUT2D eigenvalue weighted by atomic mass is 32.2. The summed E-state index contributed by atoms with van der Waals surface area (Å²) in [5.74, 6) is -0.822. The fourth-order valence-corrected chi connectivity index (χ4v) is 3.25. The zero-order chi connectivity index (χ0) is 18.2. The number of hydrogen-bond acceptors (Lipinski definition) is 4. The van der Waals surface area contributed by atoms with Crippen LogP contribution < -0.4 is 5.32 Å². The van der Waals surface area contributed by atoms with E-state index in [2.05, 4.69) is 5.32 Å². The maximum Gasteiger partial charge on any atom is 0.318 e. The van der Waals surface area contributed by atoms with Gasteiger partial charge in [0, 0.05) is 11.4 Å². The van der Waals surface area contributed by atoms with Crippen molar-refractivity contribution in [1.29, 1.82) is 0 Å². The van der Waals surface area contributed by atoms with Crippen LogP contribution in [-0.4, -0.2) is 30.8 Å². The van der Waals surface area contributed by atoms with Crippen LogP contribution in [0.2, 0.25) is 0 Å². The van der Waals surface area contributed by atoms with Crippen molar-refractivity contribution in [1.82, 2.24) is 5.32 Å². The topological polar surface area (TPSA) is 55.4 Å². The normalized spacial score (nSPS) is 11.6. The van der Waals surface area contributed by atoms with E-state index in [0.29, 0.717) is 18.5 Å². The molecule has 132 valence electrons. The lowest BCUT2D eigenvalue weighted by molar-refractivity contribution is -0.139. The van der Waals surface area contributed by atoms with Crippen molar-refractivity contribution in [3.8, 4) is 0 Å². The van der Waals surface area contributed by atoms with Crippen LogP contribution in [0, 0.1) is 5.82 Å². The molecule has 1 amide bonds. The van der Waals surface area contributed by atoms with Gasteiger partial charge in [0.2, 0.25) is 0 Å². The lowest BCUT2D eigenvalue weighted by Crippen LogP contribution is -2.26. The molecule has 0 radical (unpaired) electrons. The van der Waals surface area contributed by atoms with Crippen molar-refractivity contribution < 1.29 is 18.7 Å². The van der Waals surface area contributed by atoms with Crippen LogP contribution in [0.25, 0.3) is 0 Å². The third kappa shape index (κ3) is 5.60. The van der Waals surface area contributed by atoms with Gasteiger partial charge in [0.05, 0.1) is 12.7 Å². The standard InChI is InChI=1S/C19H20FNO3S/c1-13(19(23)24-2)25-17-6-4-3-5-16(17)18(22)21-12-11-14-7-9-15(20)10-8-14/h3-10,13H,11-12H2,1-2H3,(H,21,22). The van der Waals surface area contributed by atoms with E-state index >= 15 is 0 Å². The lowest BCUT2D eigenvalue weighted by Gasteiger charge is -2.13. The summed E-state index contributed by atoms with van der Waals surface area (Å²) in [5, 5.41) is 2.45. The van der Waals surface area contributed by atoms with Crippen molar-refractivity contribution >= 4 is 23.6 Å². The molecule has 1 unspecified atom stereocenters. The molecule has 2 aromatic rings. The first kappa shape index (κ1) is 19.0. The van der Waals surface area contributed by atoms with Crippen molar-refractivity contribution in [2.45, 2.75) is 23.5 Å². The largest absolute Gasteiger partial charge is 0.468 e. The molecule has 6 heteroatoms. The Kier molecular flexibility index (Phi) is 7.01. The monoisotopic (exact) mass is 361 g/mol. The number of thioether (sulfide) groups is 1. The van der Waals surface area contributed by atoms with Gasteiger partial charge >= 0.3 is 5.97 Å². The fraction of sp³-hybridized carbons (Fsp3) is 0.263. The van der Waals surface area contributed by atoms with E-state index in [-0.39, 0.29) is 17.7 Å². The minimum Gasteiger partial charge on any atom is -0.468 e. The molecule has 2 aromatic carbocycles. The van der Waals surface area contributed by atoms with Crippen LogP contribution in [0.15, 0.2) is 53.4 Å². The average Bonchev–Trinajstić information content (AvgIpc) is 2.63. The molecule has 0 saturated carbocycles. The van der Waals surface area contributed by atoms with Crippen LogP contribution in [0.1, 0.15) is 22.8 Å². The molecule has 4 nitrogen and oxygen atoms in total. The highest BCUT2D eigenvalue weighted by Crippen LogP contribution is 2.27. The SMILES string of the molecule is COC(=O)C(C)Sc1ccccc1C(=O)NCCc1ccc(F)cc1. The van der Waals surface area contributed by atoms with Crippen LogP contribution in [0.5, 0.6) is 0 Å². The molecule has 2 rings (SSSR count). The Labute approximate surface area is 150 Å². The van der Waals surface area contributed by atoms with Gasteiger partial charge in [-0.25, -0.2) is 4.39 Å². The van der Waals surface area contributed by atoms with Gasteiger partial charge in [0.1, 0.15) is 11.1 Å². The van der Waals surface area contributed by atoms with E-state index in [9.17, 15) is 14.0 Å². The fourth-order valence-electron chi connectivity index (χ4n) is 2.23. The Hall–Kier alpha value is -2.34. The number of esters is 1. The second-order valence-electron chi connectivity index (χ2n) is 5.41. The Morgan fingerprint density at radius 3 is 2.52 bits per heavy atom. The van der Waals surface area contributed by atoms with E-state index in [0.717, 1.165) is 10.5 Å². The quantitative estimate of drug-likeness (QED) is 0.606. The Balaban J connectivity index is 1.96. The average molecular weight is 361 g/mol. The first-order valence-corrected chi connectivity index (χ1v) is 8.75. The molecule has 25 heavy (non-hydrogen) atoms. The van der Waals surface area contributed by atoms with Crippen molar-refractivity contribution in [3.63, 3.8) is 0 Å². The maximum absolute atomic E-state index is 12.9. The van der Waals surface area contributed by atoms with E-state index in [4.69, 9.17) is 4.74 Å². The third-order valence-electron chi connectivity index (χ3n) is 3.58. The predicted octanol–water partition coefficient (Wildman–Crippen LogP) is 3.45. The molecule has 0 bridgehead atoms. The molecule has 0 aliphatic rings.